The van der Waals surface area contributed by atoms with Gasteiger partial charge in [0.15, 0.2) is 0 Å². The van der Waals surface area contributed by atoms with Crippen LogP contribution in [0.3, 0.4) is 0 Å². The minimum atomic E-state index is -0.365. The molecule has 1 unspecified atom stereocenters. The fraction of sp³-hybridized carbons (Fsp3) is 0.154. The summed E-state index contributed by atoms with van der Waals surface area (Å²) in [5.41, 5.74) is 8.74. The molecule has 0 radical (unpaired) electrons. The number of rotatable bonds is 2. The van der Waals surface area contributed by atoms with E-state index < -0.39 is 0 Å². The minimum Gasteiger partial charge on any atom is -0.320 e. The lowest BCUT2D eigenvalue weighted by molar-refractivity contribution is 0.622. The lowest BCUT2D eigenvalue weighted by Crippen LogP contribution is -2.13. The molecule has 0 aliphatic heterocycles. The maximum atomic E-state index is 13.2. The lowest BCUT2D eigenvalue weighted by Gasteiger charge is -2.15. The topological polar surface area (TPSA) is 38.9 Å². The van der Waals surface area contributed by atoms with Crippen LogP contribution in [-0.2, 0) is 0 Å². The average Bonchev–Trinajstić information content (AvgIpc) is 2.31. The molecule has 4 heteroatoms. The third-order valence-electron chi connectivity index (χ3n) is 2.66. The number of aryl methyl sites for hydroxylation is 1. The van der Waals surface area contributed by atoms with Gasteiger partial charge in [0.05, 0.1) is 6.04 Å². The highest BCUT2D eigenvalue weighted by atomic mass is 79.9. The smallest absolute Gasteiger partial charge is 0.123 e. The molecule has 0 saturated carbocycles. The van der Waals surface area contributed by atoms with E-state index in [1.807, 2.05) is 13.0 Å². The highest BCUT2D eigenvalue weighted by Gasteiger charge is 2.13. The zero-order valence-electron chi connectivity index (χ0n) is 9.32. The van der Waals surface area contributed by atoms with Crippen molar-refractivity contribution in [1.29, 1.82) is 0 Å². The number of hydrogen-bond donors (Lipinski definition) is 1. The van der Waals surface area contributed by atoms with E-state index in [0.717, 1.165) is 21.2 Å². The summed E-state index contributed by atoms with van der Waals surface area (Å²) in [6.45, 7) is 1.92. The number of hydrogen-bond acceptors (Lipinski definition) is 2. The molecule has 88 valence electrons. The first-order chi connectivity index (χ1) is 8.08. The average molecular weight is 295 g/mol. The first kappa shape index (κ1) is 12.2. The van der Waals surface area contributed by atoms with Gasteiger partial charge in [-0.25, -0.2) is 4.39 Å². The van der Waals surface area contributed by atoms with E-state index in [0.29, 0.717) is 0 Å². The van der Waals surface area contributed by atoms with Gasteiger partial charge >= 0.3 is 0 Å². The molecule has 17 heavy (non-hydrogen) atoms. The maximum absolute atomic E-state index is 13.2. The van der Waals surface area contributed by atoms with E-state index >= 15 is 0 Å². The number of halogens is 2. The molecule has 0 aliphatic carbocycles. The zero-order chi connectivity index (χ0) is 12.4. The molecular weight excluding hydrogens is 283 g/mol. The Bertz CT molecular complexity index is 543. The molecule has 1 aromatic carbocycles. The Kier molecular flexibility index (Phi) is 3.54. The summed E-state index contributed by atoms with van der Waals surface area (Å²) in [5, 5.41) is 0. The Balaban J connectivity index is 2.43. The van der Waals surface area contributed by atoms with Crippen molar-refractivity contribution in [2.45, 2.75) is 13.0 Å². The van der Waals surface area contributed by atoms with Crippen LogP contribution >= 0.6 is 15.9 Å². The molecule has 0 spiro atoms. The number of pyridine rings is 1. The van der Waals surface area contributed by atoms with Gasteiger partial charge in [-0.1, -0.05) is 6.07 Å². The van der Waals surface area contributed by atoms with E-state index in [1.54, 1.807) is 18.5 Å². The van der Waals surface area contributed by atoms with E-state index in [2.05, 4.69) is 20.9 Å². The van der Waals surface area contributed by atoms with Crippen molar-refractivity contribution < 1.29 is 4.39 Å². The van der Waals surface area contributed by atoms with Crippen LogP contribution in [0.2, 0.25) is 0 Å². The normalized spacial score (nSPS) is 12.5. The zero-order valence-corrected chi connectivity index (χ0v) is 10.9. The molecule has 1 atom stereocenters. The monoisotopic (exact) mass is 294 g/mol. The Morgan fingerprint density at radius 3 is 2.76 bits per heavy atom. The van der Waals surface area contributed by atoms with Gasteiger partial charge in [-0.05, 0) is 57.7 Å². The quantitative estimate of drug-likeness (QED) is 0.923. The SMILES string of the molecule is Cc1ccc(F)cc1C(N)c1cncc(Br)c1. The lowest BCUT2D eigenvalue weighted by atomic mass is 9.97. The fourth-order valence-corrected chi connectivity index (χ4v) is 2.11. The van der Waals surface area contributed by atoms with Crippen LogP contribution in [0.5, 0.6) is 0 Å². The number of aromatic nitrogens is 1. The first-order valence-electron chi connectivity index (χ1n) is 5.20. The second-order valence-corrected chi connectivity index (χ2v) is 4.83. The Labute approximate surface area is 108 Å². The molecule has 2 N–H and O–H groups in total. The van der Waals surface area contributed by atoms with Crippen molar-refractivity contribution in [3.05, 3.63) is 63.6 Å². The molecule has 0 amide bonds. The largest absolute Gasteiger partial charge is 0.320 e. The third-order valence-corrected chi connectivity index (χ3v) is 3.10. The molecular formula is C13H12BrFN2. The summed E-state index contributed by atoms with van der Waals surface area (Å²) in [4.78, 5) is 4.06. The molecule has 0 saturated heterocycles. The summed E-state index contributed by atoms with van der Waals surface area (Å²) < 4.78 is 14.1. The van der Waals surface area contributed by atoms with Gasteiger partial charge in [0.1, 0.15) is 5.82 Å². The summed E-state index contributed by atoms with van der Waals surface area (Å²) in [7, 11) is 0. The van der Waals surface area contributed by atoms with Crippen LogP contribution in [-0.4, -0.2) is 4.98 Å². The summed E-state index contributed by atoms with van der Waals surface area (Å²) in [6, 6.07) is 6.17. The van der Waals surface area contributed by atoms with Crippen LogP contribution in [0, 0.1) is 12.7 Å². The van der Waals surface area contributed by atoms with Gasteiger partial charge in [0, 0.05) is 16.9 Å². The number of benzene rings is 1. The van der Waals surface area contributed by atoms with Crippen molar-refractivity contribution in [3.8, 4) is 0 Å². The van der Waals surface area contributed by atoms with Gasteiger partial charge in [-0.3, -0.25) is 4.98 Å². The first-order valence-corrected chi connectivity index (χ1v) is 5.99. The predicted molar refractivity (Wildman–Crippen MR) is 69.1 cm³/mol. The molecule has 1 aromatic heterocycles. The van der Waals surface area contributed by atoms with E-state index in [9.17, 15) is 4.39 Å². The second kappa shape index (κ2) is 4.94. The van der Waals surface area contributed by atoms with Gasteiger partial charge in [-0.15, -0.1) is 0 Å². The summed E-state index contributed by atoms with van der Waals surface area (Å²) >= 11 is 3.34. The van der Waals surface area contributed by atoms with Crippen molar-refractivity contribution in [2.24, 2.45) is 5.73 Å². The highest BCUT2D eigenvalue weighted by molar-refractivity contribution is 9.10. The molecule has 2 nitrogen and oxygen atoms in total. The molecule has 0 bridgehead atoms. The molecule has 2 rings (SSSR count). The van der Waals surface area contributed by atoms with Crippen LogP contribution in [0.4, 0.5) is 4.39 Å². The van der Waals surface area contributed by atoms with E-state index in [-0.39, 0.29) is 11.9 Å². The van der Waals surface area contributed by atoms with E-state index in [1.165, 1.54) is 12.1 Å². The number of nitrogens with zero attached hydrogens (tertiary/aromatic N) is 1. The van der Waals surface area contributed by atoms with Crippen molar-refractivity contribution in [2.75, 3.05) is 0 Å². The Morgan fingerprint density at radius 1 is 1.29 bits per heavy atom. The molecule has 2 aromatic rings. The van der Waals surface area contributed by atoms with Crippen molar-refractivity contribution in [1.82, 2.24) is 4.98 Å². The van der Waals surface area contributed by atoms with Gasteiger partial charge in [-0.2, -0.15) is 0 Å². The summed E-state index contributed by atoms with van der Waals surface area (Å²) in [6.07, 6.45) is 3.38. The van der Waals surface area contributed by atoms with Crippen LogP contribution in [0.1, 0.15) is 22.7 Å². The van der Waals surface area contributed by atoms with Gasteiger partial charge < -0.3 is 5.73 Å². The Hall–Kier alpha value is -1.26. The standard InChI is InChI=1S/C13H12BrFN2/c1-8-2-3-11(15)5-12(8)13(16)9-4-10(14)7-17-6-9/h2-7,13H,16H2,1H3. The van der Waals surface area contributed by atoms with E-state index in [4.69, 9.17) is 5.73 Å². The van der Waals surface area contributed by atoms with Crippen molar-refractivity contribution in [3.63, 3.8) is 0 Å². The molecule has 0 fully saturated rings. The molecule has 1 heterocycles. The maximum Gasteiger partial charge on any atom is 0.123 e. The van der Waals surface area contributed by atoms with Crippen LogP contribution in [0.15, 0.2) is 41.1 Å². The highest BCUT2D eigenvalue weighted by Crippen LogP contribution is 2.24. The summed E-state index contributed by atoms with van der Waals surface area (Å²) in [5.74, 6) is -0.274. The Morgan fingerprint density at radius 2 is 2.06 bits per heavy atom. The predicted octanol–water partition coefficient (Wildman–Crippen LogP) is 3.34. The molecule has 0 aliphatic rings. The fourth-order valence-electron chi connectivity index (χ4n) is 1.72. The van der Waals surface area contributed by atoms with Crippen LogP contribution in [0.25, 0.3) is 0 Å². The van der Waals surface area contributed by atoms with Crippen LogP contribution < -0.4 is 5.73 Å². The van der Waals surface area contributed by atoms with Crippen molar-refractivity contribution >= 4 is 15.9 Å². The number of nitrogens with two attached hydrogens (primary N) is 1. The van der Waals surface area contributed by atoms with Gasteiger partial charge in [0.25, 0.3) is 0 Å². The third kappa shape index (κ3) is 2.70. The van der Waals surface area contributed by atoms with Gasteiger partial charge in [0.2, 0.25) is 0 Å². The minimum absolute atomic E-state index is 0.274. The second-order valence-electron chi connectivity index (χ2n) is 3.92.